The number of nitro benzene ring substituents is 1. The molecule has 0 aliphatic rings. The van der Waals surface area contributed by atoms with Gasteiger partial charge in [-0.05, 0) is 53.6 Å². The molecule has 214 valence electrons. The molecule has 0 bridgehead atoms. The molecule has 0 aliphatic carbocycles. The van der Waals surface area contributed by atoms with Crippen molar-refractivity contribution in [1.82, 2.24) is 4.98 Å². The zero-order valence-electron chi connectivity index (χ0n) is 21.5. The van der Waals surface area contributed by atoms with Crippen molar-refractivity contribution in [3.63, 3.8) is 0 Å². The molecule has 4 aromatic rings. The molecule has 0 fully saturated rings. The van der Waals surface area contributed by atoms with E-state index < -0.39 is 40.1 Å². The van der Waals surface area contributed by atoms with Gasteiger partial charge in [0.15, 0.2) is 0 Å². The highest BCUT2D eigenvalue weighted by Crippen LogP contribution is 2.34. The third-order valence-corrected chi connectivity index (χ3v) is 6.16. The van der Waals surface area contributed by atoms with Gasteiger partial charge in [-0.15, -0.1) is 0 Å². The van der Waals surface area contributed by atoms with E-state index in [2.05, 4.69) is 10.3 Å². The van der Waals surface area contributed by atoms with Gasteiger partial charge in [0, 0.05) is 42.2 Å². The molecular weight excluding hydrogens is 557 g/mol. The predicted octanol–water partition coefficient (Wildman–Crippen LogP) is 5.59. The monoisotopic (exact) mass is 578 g/mol. The lowest BCUT2D eigenvalue weighted by atomic mass is 9.98. The van der Waals surface area contributed by atoms with Gasteiger partial charge < -0.3 is 10.4 Å². The van der Waals surface area contributed by atoms with Crippen molar-refractivity contribution in [1.29, 1.82) is 0 Å². The zero-order chi connectivity index (χ0) is 30.4. The number of carbonyl (C=O) groups excluding carboxylic acids is 2. The van der Waals surface area contributed by atoms with Gasteiger partial charge in [-0.25, -0.2) is 4.79 Å². The van der Waals surface area contributed by atoms with Crippen molar-refractivity contribution < 1.29 is 37.6 Å². The summed E-state index contributed by atoms with van der Waals surface area (Å²) in [6.45, 7) is -0.227. The fourth-order valence-corrected chi connectivity index (χ4v) is 4.16. The number of halogens is 3. The Morgan fingerprint density at radius 2 is 1.64 bits per heavy atom. The maximum absolute atomic E-state index is 13.2. The fourth-order valence-electron chi connectivity index (χ4n) is 4.16. The summed E-state index contributed by atoms with van der Waals surface area (Å²) in [6.07, 6.45) is -2.91. The molecule has 10 nitrogen and oxygen atoms in total. The van der Waals surface area contributed by atoms with E-state index in [0.29, 0.717) is 16.8 Å². The molecule has 2 amide bonds. The first-order valence-corrected chi connectivity index (χ1v) is 12.3. The van der Waals surface area contributed by atoms with Crippen LogP contribution in [0.15, 0.2) is 91.1 Å². The number of hydrogen-bond acceptors (Lipinski definition) is 6. The smallest absolute Gasteiger partial charge is 0.416 e. The van der Waals surface area contributed by atoms with Crippen molar-refractivity contribution in [2.24, 2.45) is 0 Å². The van der Waals surface area contributed by atoms with Crippen LogP contribution in [0.25, 0.3) is 11.1 Å². The number of rotatable bonds is 8. The van der Waals surface area contributed by atoms with E-state index in [0.717, 1.165) is 29.2 Å². The maximum Gasteiger partial charge on any atom is 0.416 e. The highest BCUT2D eigenvalue weighted by atomic mass is 19.4. The molecule has 42 heavy (non-hydrogen) atoms. The topological polar surface area (TPSA) is 143 Å². The summed E-state index contributed by atoms with van der Waals surface area (Å²) in [7, 11) is 0. The van der Waals surface area contributed by atoms with Gasteiger partial charge in [0.25, 0.3) is 11.6 Å². The van der Waals surface area contributed by atoms with E-state index in [1.54, 1.807) is 36.4 Å². The lowest BCUT2D eigenvalue weighted by Gasteiger charge is -2.21. The van der Waals surface area contributed by atoms with E-state index in [4.69, 9.17) is 0 Å². The Morgan fingerprint density at radius 1 is 0.952 bits per heavy atom. The second-order valence-electron chi connectivity index (χ2n) is 8.87. The molecule has 3 aromatic carbocycles. The number of carbonyl (C=O) groups is 3. The molecule has 1 heterocycles. The molecule has 4 rings (SSSR count). The van der Waals surface area contributed by atoms with Crippen LogP contribution in [0.4, 0.5) is 30.2 Å². The quantitative estimate of drug-likeness (QED) is 0.158. The van der Waals surface area contributed by atoms with Gasteiger partial charge >= 0.3 is 18.1 Å². The predicted molar refractivity (Wildman–Crippen MR) is 146 cm³/mol. The van der Waals surface area contributed by atoms with Crippen LogP contribution < -0.4 is 10.2 Å². The number of nitrogens with one attached hydrogen (secondary N) is 1. The van der Waals surface area contributed by atoms with Crippen LogP contribution >= 0.6 is 0 Å². The minimum atomic E-state index is -4.53. The number of nitrogens with zero attached hydrogens (tertiary/aromatic N) is 3. The zero-order valence-corrected chi connectivity index (χ0v) is 21.5. The molecule has 2 N–H and O–H groups in total. The SMILES string of the molecule is O=C(O)C(=O)N(CCc1ccccn1)c1ccc(NC(=O)c2ccccc2-c2ccc(C(F)(F)F)cc2)cc1[N+](=O)[O-]. The van der Waals surface area contributed by atoms with E-state index in [-0.39, 0.29) is 29.9 Å². The van der Waals surface area contributed by atoms with Crippen LogP contribution in [0.5, 0.6) is 0 Å². The number of carboxylic acids is 1. The maximum atomic E-state index is 13.2. The number of aliphatic carboxylic acids is 1. The Morgan fingerprint density at radius 3 is 2.26 bits per heavy atom. The first-order chi connectivity index (χ1) is 20.0. The first-order valence-electron chi connectivity index (χ1n) is 12.3. The normalized spacial score (nSPS) is 11.0. The van der Waals surface area contributed by atoms with E-state index in [1.807, 2.05) is 0 Å². The molecule has 0 aliphatic heterocycles. The average Bonchev–Trinajstić information content (AvgIpc) is 2.97. The van der Waals surface area contributed by atoms with Crippen LogP contribution in [0.1, 0.15) is 21.6 Å². The molecule has 13 heteroatoms. The van der Waals surface area contributed by atoms with Gasteiger partial charge in [-0.2, -0.15) is 13.2 Å². The summed E-state index contributed by atoms with van der Waals surface area (Å²) in [5.74, 6) is -3.92. The summed E-state index contributed by atoms with van der Waals surface area (Å²) >= 11 is 0. The van der Waals surface area contributed by atoms with E-state index in [1.165, 1.54) is 30.5 Å². The van der Waals surface area contributed by atoms with Crippen LogP contribution in [-0.4, -0.2) is 39.3 Å². The Hall–Kier alpha value is -5.59. The summed E-state index contributed by atoms with van der Waals surface area (Å²) in [5.41, 5.74) is -0.554. The number of amides is 2. The summed E-state index contributed by atoms with van der Waals surface area (Å²) in [4.78, 5) is 53.2. The number of pyridine rings is 1. The number of anilines is 2. The second kappa shape index (κ2) is 12.3. The fraction of sp³-hybridized carbons (Fsp3) is 0.103. The van der Waals surface area contributed by atoms with Crippen LogP contribution in [0.2, 0.25) is 0 Å². The van der Waals surface area contributed by atoms with Gasteiger partial charge in [0.2, 0.25) is 0 Å². The lowest BCUT2D eigenvalue weighted by molar-refractivity contribution is -0.384. The molecular formula is C29H21F3N4O6. The second-order valence-corrected chi connectivity index (χ2v) is 8.87. The molecule has 0 radical (unpaired) electrons. The summed E-state index contributed by atoms with van der Waals surface area (Å²) in [5, 5.41) is 23.8. The summed E-state index contributed by atoms with van der Waals surface area (Å²) in [6, 6.07) is 18.8. The number of carboxylic acid groups (broad SMARTS) is 1. The van der Waals surface area contributed by atoms with Crippen molar-refractivity contribution in [3.8, 4) is 11.1 Å². The third kappa shape index (κ3) is 6.75. The van der Waals surface area contributed by atoms with Crippen LogP contribution in [-0.2, 0) is 22.2 Å². The number of aromatic nitrogens is 1. The molecule has 0 saturated carbocycles. The Balaban J connectivity index is 1.63. The first kappa shape index (κ1) is 29.4. The standard InChI is InChI=1S/C29H21F3N4O6/c30-29(31,32)19-10-8-18(9-11-19)22-6-1-2-7-23(22)26(37)34-21-12-13-24(25(17-21)36(41)42)35(27(38)28(39)40)16-14-20-5-3-4-15-33-20/h1-13,15,17H,14,16H2,(H,34,37)(H,39,40). The number of hydrogen-bond donors (Lipinski definition) is 2. The van der Waals surface area contributed by atoms with E-state index >= 15 is 0 Å². The van der Waals surface area contributed by atoms with Crippen LogP contribution in [0, 0.1) is 10.1 Å². The minimum Gasteiger partial charge on any atom is -0.474 e. The molecule has 0 atom stereocenters. The van der Waals surface area contributed by atoms with Gasteiger partial charge in [0.05, 0.1) is 10.5 Å². The van der Waals surface area contributed by atoms with Crippen molar-refractivity contribution in [3.05, 3.63) is 118 Å². The highest BCUT2D eigenvalue weighted by molar-refractivity contribution is 6.37. The molecule has 0 saturated heterocycles. The van der Waals surface area contributed by atoms with Gasteiger partial charge in [-0.1, -0.05) is 36.4 Å². The van der Waals surface area contributed by atoms with Crippen molar-refractivity contribution >= 4 is 34.8 Å². The largest absolute Gasteiger partial charge is 0.474 e. The lowest BCUT2D eigenvalue weighted by Crippen LogP contribution is -2.38. The average molecular weight is 579 g/mol. The van der Waals surface area contributed by atoms with Crippen LogP contribution in [0.3, 0.4) is 0 Å². The third-order valence-electron chi connectivity index (χ3n) is 6.16. The minimum absolute atomic E-state index is 0.0369. The van der Waals surface area contributed by atoms with E-state index in [9.17, 15) is 42.8 Å². The highest BCUT2D eigenvalue weighted by Gasteiger charge is 2.31. The van der Waals surface area contributed by atoms with Gasteiger partial charge in [-0.3, -0.25) is 29.6 Å². The molecule has 1 aromatic heterocycles. The number of benzene rings is 3. The summed E-state index contributed by atoms with van der Waals surface area (Å²) < 4.78 is 38.9. The Labute approximate surface area is 236 Å². The number of alkyl halides is 3. The van der Waals surface area contributed by atoms with Crippen molar-refractivity contribution in [2.45, 2.75) is 12.6 Å². The van der Waals surface area contributed by atoms with Crippen molar-refractivity contribution in [2.75, 3.05) is 16.8 Å². The molecule has 0 unspecified atom stereocenters. The Kier molecular flexibility index (Phi) is 8.60. The number of nitro groups is 1. The van der Waals surface area contributed by atoms with Gasteiger partial charge in [0.1, 0.15) is 5.69 Å². The molecule has 0 spiro atoms. The Bertz CT molecular complexity index is 1640.